The Kier molecular flexibility index (Phi) is 3.00. The van der Waals surface area contributed by atoms with E-state index >= 15 is 0 Å². The maximum atomic E-state index is 2.51. The molecule has 1 aromatic rings. The average molecular weight is 301 g/mol. The molecule has 0 bridgehead atoms. The lowest BCUT2D eigenvalue weighted by Crippen LogP contribution is -2.35. The van der Waals surface area contributed by atoms with Crippen LogP contribution in [0.25, 0.3) is 0 Å². The van der Waals surface area contributed by atoms with Crippen molar-refractivity contribution in [1.82, 2.24) is 0 Å². The molecule has 0 amide bonds. The first-order valence-corrected chi connectivity index (χ1v) is 6.31. The predicted octanol–water partition coefficient (Wildman–Crippen LogP) is 3.45. The lowest BCUT2D eigenvalue weighted by atomic mass is 10.0. The summed E-state index contributed by atoms with van der Waals surface area (Å²) >= 11 is 2.39. The van der Waals surface area contributed by atoms with E-state index in [0.717, 1.165) is 0 Å². The number of nitrogens with zero attached hydrogens (tertiary/aromatic N) is 1. The van der Waals surface area contributed by atoms with Gasteiger partial charge in [0.1, 0.15) is 0 Å². The van der Waals surface area contributed by atoms with E-state index in [-0.39, 0.29) is 0 Å². The van der Waals surface area contributed by atoms with Crippen LogP contribution in [-0.4, -0.2) is 12.6 Å². The van der Waals surface area contributed by atoms with Gasteiger partial charge in [-0.3, -0.25) is 0 Å². The van der Waals surface area contributed by atoms with E-state index in [1.807, 2.05) is 0 Å². The van der Waals surface area contributed by atoms with Crippen molar-refractivity contribution >= 4 is 28.3 Å². The van der Waals surface area contributed by atoms with Crippen molar-refractivity contribution in [3.05, 3.63) is 27.3 Å². The summed E-state index contributed by atoms with van der Waals surface area (Å²) in [6, 6.07) is 7.43. The van der Waals surface area contributed by atoms with Crippen LogP contribution >= 0.6 is 22.6 Å². The predicted molar refractivity (Wildman–Crippen MR) is 70.0 cm³/mol. The Labute approximate surface area is 99.6 Å². The van der Waals surface area contributed by atoms with Gasteiger partial charge in [0.05, 0.1) is 0 Å². The summed E-state index contributed by atoms with van der Waals surface area (Å²) in [7, 11) is 0. The van der Waals surface area contributed by atoms with E-state index in [1.54, 1.807) is 0 Å². The fourth-order valence-corrected chi connectivity index (χ4v) is 2.59. The van der Waals surface area contributed by atoms with Crippen molar-refractivity contribution in [2.24, 2.45) is 0 Å². The molecule has 0 unspecified atom stereocenters. The second kappa shape index (κ2) is 4.09. The van der Waals surface area contributed by atoms with Gasteiger partial charge in [0.15, 0.2) is 0 Å². The summed E-state index contributed by atoms with van der Waals surface area (Å²) < 4.78 is 1.34. The third kappa shape index (κ3) is 1.90. The Morgan fingerprint density at radius 3 is 2.86 bits per heavy atom. The summed E-state index contributed by atoms with van der Waals surface area (Å²) in [6.07, 6.45) is 2.54. The van der Waals surface area contributed by atoms with Crippen molar-refractivity contribution < 1.29 is 0 Å². The number of anilines is 1. The van der Waals surface area contributed by atoms with E-state index in [2.05, 4.69) is 59.5 Å². The Balaban J connectivity index is 2.41. The molecular formula is C12H16IN. The lowest BCUT2D eigenvalue weighted by Gasteiger charge is -2.34. The summed E-state index contributed by atoms with van der Waals surface area (Å²) in [5.74, 6) is 0. The van der Waals surface area contributed by atoms with Crippen molar-refractivity contribution in [2.45, 2.75) is 32.7 Å². The fourth-order valence-electron chi connectivity index (χ4n) is 2.11. The van der Waals surface area contributed by atoms with Crippen LogP contribution in [0.4, 0.5) is 5.69 Å². The van der Waals surface area contributed by atoms with Gasteiger partial charge in [0, 0.05) is 21.8 Å². The van der Waals surface area contributed by atoms with Crippen molar-refractivity contribution in [3.63, 3.8) is 0 Å². The van der Waals surface area contributed by atoms with Gasteiger partial charge in [-0.2, -0.15) is 0 Å². The van der Waals surface area contributed by atoms with Crippen LogP contribution in [-0.2, 0) is 6.42 Å². The lowest BCUT2D eigenvalue weighted by molar-refractivity contribution is 0.625. The fraction of sp³-hybridized carbons (Fsp3) is 0.500. The molecule has 1 aromatic carbocycles. The highest BCUT2D eigenvalue weighted by molar-refractivity contribution is 14.1. The smallest absolute Gasteiger partial charge is 0.0411 e. The normalized spacial score (nSPS) is 15.9. The Bertz CT molecular complexity index is 333. The second-order valence-electron chi connectivity index (χ2n) is 4.16. The van der Waals surface area contributed by atoms with Crippen LogP contribution in [0.2, 0.25) is 0 Å². The van der Waals surface area contributed by atoms with E-state index in [0.29, 0.717) is 6.04 Å². The Morgan fingerprint density at radius 2 is 2.14 bits per heavy atom. The number of rotatable bonds is 1. The van der Waals surface area contributed by atoms with Crippen LogP contribution in [0, 0.1) is 3.57 Å². The second-order valence-corrected chi connectivity index (χ2v) is 5.41. The Morgan fingerprint density at radius 1 is 1.36 bits per heavy atom. The maximum Gasteiger partial charge on any atom is 0.0411 e. The molecule has 1 heterocycles. The summed E-state index contributed by atoms with van der Waals surface area (Å²) in [6.45, 7) is 5.76. The van der Waals surface area contributed by atoms with Crippen LogP contribution in [0.3, 0.4) is 0 Å². The van der Waals surface area contributed by atoms with Crippen LogP contribution in [0.5, 0.6) is 0 Å². The van der Waals surface area contributed by atoms with Gasteiger partial charge < -0.3 is 4.90 Å². The zero-order chi connectivity index (χ0) is 10.1. The minimum Gasteiger partial charge on any atom is -0.369 e. The van der Waals surface area contributed by atoms with Crippen LogP contribution in [0.1, 0.15) is 25.8 Å². The highest BCUT2D eigenvalue weighted by Crippen LogP contribution is 2.29. The molecule has 0 radical (unpaired) electrons. The molecule has 1 nitrogen and oxygen atoms in total. The topological polar surface area (TPSA) is 3.24 Å². The van der Waals surface area contributed by atoms with E-state index in [9.17, 15) is 0 Å². The SMILES string of the molecule is CC(C)N1CCCc2ccc(I)cc21. The first kappa shape index (κ1) is 10.3. The molecule has 1 aliphatic heterocycles. The van der Waals surface area contributed by atoms with Crippen molar-refractivity contribution in [2.75, 3.05) is 11.4 Å². The first-order valence-electron chi connectivity index (χ1n) is 5.23. The zero-order valence-electron chi connectivity index (χ0n) is 8.76. The van der Waals surface area contributed by atoms with Gasteiger partial charge in [0.25, 0.3) is 0 Å². The number of hydrogen-bond donors (Lipinski definition) is 0. The Hall–Kier alpha value is -0.250. The number of hydrogen-bond acceptors (Lipinski definition) is 1. The summed E-state index contributed by atoms with van der Waals surface area (Å²) in [5, 5.41) is 0. The molecular weight excluding hydrogens is 285 g/mol. The van der Waals surface area contributed by atoms with Crippen molar-refractivity contribution in [1.29, 1.82) is 0 Å². The van der Waals surface area contributed by atoms with E-state index < -0.39 is 0 Å². The average Bonchev–Trinajstić information content (AvgIpc) is 2.16. The maximum absolute atomic E-state index is 2.51. The molecule has 0 fully saturated rings. The molecule has 2 rings (SSSR count). The summed E-state index contributed by atoms with van der Waals surface area (Å²) in [4.78, 5) is 2.51. The first-order chi connectivity index (χ1) is 6.68. The minimum atomic E-state index is 0.618. The van der Waals surface area contributed by atoms with Gasteiger partial charge in [-0.05, 0) is 67.0 Å². The molecule has 0 saturated heterocycles. The quantitative estimate of drug-likeness (QED) is 0.718. The van der Waals surface area contributed by atoms with E-state index in [1.165, 1.54) is 34.2 Å². The number of aryl methyl sites for hydroxylation is 1. The van der Waals surface area contributed by atoms with Gasteiger partial charge >= 0.3 is 0 Å². The van der Waals surface area contributed by atoms with E-state index in [4.69, 9.17) is 0 Å². The number of halogens is 1. The standard InChI is InChI=1S/C12H16IN/c1-9(2)14-7-3-4-10-5-6-11(13)8-12(10)14/h5-6,8-9H,3-4,7H2,1-2H3. The molecule has 0 atom stereocenters. The monoisotopic (exact) mass is 301 g/mol. The highest BCUT2D eigenvalue weighted by atomic mass is 127. The van der Waals surface area contributed by atoms with Crippen LogP contribution in [0.15, 0.2) is 18.2 Å². The van der Waals surface area contributed by atoms with Crippen molar-refractivity contribution in [3.8, 4) is 0 Å². The zero-order valence-corrected chi connectivity index (χ0v) is 10.9. The van der Waals surface area contributed by atoms with Gasteiger partial charge in [0.2, 0.25) is 0 Å². The van der Waals surface area contributed by atoms with Gasteiger partial charge in [-0.1, -0.05) is 6.07 Å². The molecule has 14 heavy (non-hydrogen) atoms. The third-order valence-electron chi connectivity index (χ3n) is 2.83. The number of benzene rings is 1. The number of fused-ring (bicyclic) bond motifs is 1. The third-order valence-corrected chi connectivity index (χ3v) is 3.50. The molecule has 2 heteroatoms. The molecule has 0 aromatic heterocycles. The van der Waals surface area contributed by atoms with Gasteiger partial charge in [-0.25, -0.2) is 0 Å². The van der Waals surface area contributed by atoms with Gasteiger partial charge in [-0.15, -0.1) is 0 Å². The molecule has 1 aliphatic rings. The molecule has 0 aliphatic carbocycles. The van der Waals surface area contributed by atoms with Crippen LogP contribution < -0.4 is 4.90 Å². The minimum absolute atomic E-state index is 0.618. The highest BCUT2D eigenvalue weighted by Gasteiger charge is 2.18. The molecule has 0 N–H and O–H groups in total. The molecule has 0 spiro atoms. The molecule has 76 valence electrons. The largest absolute Gasteiger partial charge is 0.369 e. The molecule has 0 saturated carbocycles. The summed E-state index contributed by atoms with van der Waals surface area (Å²) in [5.41, 5.74) is 2.98.